The van der Waals surface area contributed by atoms with Crippen LogP contribution in [-0.2, 0) is 4.74 Å². The lowest BCUT2D eigenvalue weighted by atomic mass is 10.0. The van der Waals surface area contributed by atoms with Crippen LogP contribution in [0.25, 0.3) is 0 Å². The Bertz CT molecular complexity index is 105. The largest absolute Gasteiger partial charge is 0.376 e. The summed E-state index contributed by atoms with van der Waals surface area (Å²) < 4.78 is 4.91. The molecule has 0 aromatic carbocycles. The van der Waals surface area contributed by atoms with E-state index in [2.05, 4.69) is 6.07 Å². The third-order valence-electron chi connectivity index (χ3n) is 1.27. The van der Waals surface area contributed by atoms with E-state index < -0.39 is 0 Å². The minimum absolute atomic E-state index is 0.167. The minimum Gasteiger partial charge on any atom is -0.376 e. The second kappa shape index (κ2) is 1.51. The molecule has 1 heterocycles. The van der Waals surface area contributed by atoms with Crippen molar-refractivity contribution in [2.45, 2.75) is 13.0 Å². The van der Waals surface area contributed by atoms with Crippen LogP contribution in [0.15, 0.2) is 0 Å². The fourth-order valence-corrected chi connectivity index (χ4v) is 0.527. The molecule has 1 saturated heterocycles. The smallest absolute Gasteiger partial charge is 0.0955 e. The molecule has 1 fully saturated rings. The van der Waals surface area contributed by atoms with Crippen LogP contribution in [0.3, 0.4) is 0 Å². The molecule has 0 amide bonds. The average Bonchev–Trinajstić information content (AvgIpc) is 1.65. The van der Waals surface area contributed by atoms with Crippen LogP contribution in [0.5, 0.6) is 0 Å². The van der Waals surface area contributed by atoms with Gasteiger partial charge < -0.3 is 4.74 Å². The van der Waals surface area contributed by atoms with E-state index in [-0.39, 0.29) is 12.0 Å². The second-order valence-electron chi connectivity index (χ2n) is 1.77. The van der Waals surface area contributed by atoms with Gasteiger partial charge in [-0.25, -0.2) is 0 Å². The molecule has 0 aromatic heterocycles. The summed E-state index contributed by atoms with van der Waals surface area (Å²) in [7, 11) is 0. The molecule has 1 aliphatic rings. The summed E-state index contributed by atoms with van der Waals surface area (Å²) in [5.41, 5.74) is 0. The molecular weight excluding hydrogens is 90.1 g/mol. The van der Waals surface area contributed by atoms with Crippen LogP contribution < -0.4 is 0 Å². The molecule has 0 aliphatic carbocycles. The maximum atomic E-state index is 8.23. The zero-order chi connectivity index (χ0) is 5.28. The highest BCUT2D eigenvalue weighted by atomic mass is 16.5. The van der Waals surface area contributed by atoms with Crippen LogP contribution >= 0.6 is 0 Å². The molecule has 0 saturated carbocycles. The van der Waals surface area contributed by atoms with Gasteiger partial charge in [-0.3, -0.25) is 0 Å². The van der Waals surface area contributed by atoms with Crippen molar-refractivity contribution < 1.29 is 4.74 Å². The molecule has 2 heteroatoms. The van der Waals surface area contributed by atoms with Gasteiger partial charge in [0.25, 0.3) is 0 Å². The summed E-state index contributed by atoms with van der Waals surface area (Å²) in [4.78, 5) is 0. The van der Waals surface area contributed by atoms with E-state index in [1.807, 2.05) is 6.92 Å². The predicted molar refractivity (Wildman–Crippen MR) is 24.5 cm³/mol. The van der Waals surface area contributed by atoms with E-state index in [0.29, 0.717) is 6.61 Å². The Balaban J connectivity index is 2.33. The summed E-state index contributed by atoms with van der Waals surface area (Å²) in [6, 6.07) is 2.13. The van der Waals surface area contributed by atoms with Gasteiger partial charge in [0.05, 0.1) is 24.7 Å². The average molecular weight is 97.1 g/mol. The molecule has 0 aromatic rings. The predicted octanol–water partition coefficient (Wildman–Crippen LogP) is 0.545. The Morgan fingerprint density at radius 3 is 2.57 bits per heavy atom. The second-order valence-corrected chi connectivity index (χ2v) is 1.77. The lowest BCUT2D eigenvalue weighted by Gasteiger charge is -2.27. The molecule has 0 spiro atoms. The highest BCUT2D eigenvalue weighted by Crippen LogP contribution is 2.17. The first kappa shape index (κ1) is 4.61. The van der Waals surface area contributed by atoms with E-state index in [9.17, 15) is 0 Å². The van der Waals surface area contributed by atoms with Crippen molar-refractivity contribution in [3.63, 3.8) is 0 Å². The van der Waals surface area contributed by atoms with Crippen molar-refractivity contribution in [3.05, 3.63) is 0 Å². The minimum atomic E-state index is 0.167. The molecule has 1 rings (SSSR count). The van der Waals surface area contributed by atoms with Gasteiger partial charge in [-0.15, -0.1) is 0 Å². The standard InChI is InChI=1S/C5H7NO/c1-4-5(2-6)3-7-4/h4-5H,3H2,1H3. The van der Waals surface area contributed by atoms with E-state index >= 15 is 0 Å². The number of rotatable bonds is 0. The first-order chi connectivity index (χ1) is 3.34. The SMILES string of the molecule is CC1OCC1C#N. The van der Waals surface area contributed by atoms with Gasteiger partial charge in [-0.2, -0.15) is 5.26 Å². The molecule has 38 valence electrons. The molecule has 2 unspecified atom stereocenters. The Kier molecular flexibility index (Phi) is 0.994. The number of hydrogen-bond donors (Lipinski definition) is 0. The number of hydrogen-bond acceptors (Lipinski definition) is 2. The van der Waals surface area contributed by atoms with E-state index in [4.69, 9.17) is 10.00 Å². The summed E-state index contributed by atoms with van der Waals surface area (Å²) >= 11 is 0. The lowest BCUT2D eigenvalue weighted by molar-refractivity contribution is -0.0768. The van der Waals surface area contributed by atoms with E-state index in [1.165, 1.54) is 0 Å². The summed E-state index contributed by atoms with van der Waals surface area (Å²) in [6.45, 7) is 2.55. The van der Waals surface area contributed by atoms with Gasteiger partial charge >= 0.3 is 0 Å². The zero-order valence-electron chi connectivity index (χ0n) is 4.22. The molecular formula is C5H7NO. The first-order valence-corrected chi connectivity index (χ1v) is 2.36. The van der Waals surface area contributed by atoms with E-state index in [1.54, 1.807) is 0 Å². The normalized spacial score (nSPS) is 38.9. The van der Waals surface area contributed by atoms with Crippen LogP contribution in [0, 0.1) is 17.2 Å². The van der Waals surface area contributed by atoms with Gasteiger partial charge in [0, 0.05) is 0 Å². The van der Waals surface area contributed by atoms with Gasteiger partial charge in [0.1, 0.15) is 0 Å². The van der Waals surface area contributed by atoms with Crippen molar-refractivity contribution in [1.82, 2.24) is 0 Å². The van der Waals surface area contributed by atoms with Crippen LogP contribution in [0.2, 0.25) is 0 Å². The van der Waals surface area contributed by atoms with Gasteiger partial charge in [0.15, 0.2) is 0 Å². The van der Waals surface area contributed by atoms with Crippen molar-refractivity contribution in [3.8, 4) is 6.07 Å². The van der Waals surface area contributed by atoms with Crippen LogP contribution in [0.1, 0.15) is 6.92 Å². The molecule has 0 N–H and O–H groups in total. The topological polar surface area (TPSA) is 33.0 Å². The highest BCUT2D eigenvalue weighted by Gasteiger charge is 2.26. The summed E-state index contributed by atoms with van der Waals surface area (Å²) in [6.07, 6.45) is 0.185. The third kappa shape index (κ3) is 0.594. The molecule has 2 nitrogen and oxygen atoms in total. The van der Waals surface area contributed by atoms with Gasteiger partial charge in [-0.05, 0) is 6.92 Å². The number of nitrogens with zero attached hydrogens (tertiary/aromatic N) is 1. The Hall–Kier alpha value is -0.550. The number of nitriles is 1. The zero-order valence-corrected chi connectivity index (χ0v) is 4.22. The van der Waals surface area contributed by atoms with E-state index in [0.717, 1.165) is 0 Å². The summed E-state index contributed by atoms with van der Waals surface area (Å²) in [5.74, 6) is 0.167. The maximum Gasteiger partial charge on any atom is 0.0955 e. The molecule has 2 atom stereocenters. The third-order valence-corrected chi connectivity index (χ3v) is 1.27. The molecule has 7 heavy (non-hydrogen) atoms. The Morgan fingerprint density at radius 2 is 2.57 bits per heavy atom. The Labute approximate surface area is 42.7 Å². The van der Waals surface area contributed by atoms with Gasteiger partial charge in [-0.1, -0.05) is 0 Å². The maximum absolute atomic E-state index is 8.23. The fourth-order valence-electron chi connectivity index (χ4n) is 0.527. The monoisotopic (exact) mass is 97.1 g/mol. The molecule has 0 bridgehead atoms. The molecule has 1 aliphatic heterocycles. The quantitative estimate of drug-likeness (QED) is 0.442. The van der Waals surface area contributed by atoms with Crippen molar-refractivity contribution in [2.75, 3.05) is 6.61 Å². The van der Waals surface area contributed by atoms with Crippen molar-refractivity contribution >= 4 is 0 Å². The first-order valence-electron chi connectivity index (χ1n) is 2.36. The van der Waals surface area contributed by atoms with Crippen molar-refractivity contribution in [2.24, 2.45) is 5.92 Å². The van der Waals surface area contributed by atoms with Crippen molar-refractivity contribution in [1.29, 1.82) is 5.26 Å². The van der Waals surface area contributed by atoms with Gasteiger partial charge in [0.2, 0.25) is 0 Å². The highest BCUT2D eigenvalue weighted by molar-refractivity contribution is 4.92. The van der Waals surface area contributed by atoms with Crippen LogP contribution in [-0.4, -0.2) is 12.7 Å². The Morgan fingerprint density at radius 1 is 1.86 bits per heavy atom. The number of ether oxygens (including phenoxy) is 1. The lowest BCUT2D eigenvalue weighted by Crippen LogP contribution is -2.35. The molecule has 0 radical (unpaired) electrons. The fraction of sp³-hybridized carbons (Fsp3) is 0.800. The van der Waals surface area contributed by atoms with Crippen LogP contribution in [0.4, 0.5) is 0 Å². The summed E-state index contributed by atoms with van der Waals surface area (Å²) in [5, 5.41) is 8.23.